The first-order valence-corrected chi connectivity index (χ1v) is 7.27. The number of pyridine rings is 1. The third-order valence-corrected chi connectivity index (χ3v) is 4.12. The first-order valence-electron chi connectivity index (χ1n) is 6.73. The third kappa shape index (κ3) is 2.24. The Bertz CT molecular complexity index is 531. The molecule has 0 aliphatic heterocycles. The monoisotopic (exact) mass is 263 g/mol. The molecule has 0 unspecified atom stereocenters. The molecule has 2 aromatic rings. The number of hydrogen-bond donors (Lipinski definition) is 0. The van der Waals surface area contributed by atoms with E-state index in [4.69, 9.17) is 11.6 Å². The molecular weight excluding hydrogens is 246 g/mol. The van der Waals surface area contributed by atoms with Crippen molar-refractivity contribution in [3.05, 3.63) is 24.3 Å². The fraction of sp³-hybridized carbons (Fsp3) is 0.571. The predicted molar refractivity (Wildman–Crippen MR) is 73.9 cm³/mol. The number of aryl methyl sites for hydroxylation is 2. The second-order valence-corrected chi connectivity index (χ2v) is 5.45. The average molecular weight is 264 g/mol. The highest BCUT2D eigenvalue weighted by molar-refractivity contribution is 6.17. The van der Waals surface area contributed by atoms with E-state index in [-0.39, 0.29) is 0 Å². The number of aromatic nitrogens is 3. The Morgan fingerprint density at radius 2 is 2.28 bits per heavy atom. The average Bonchev–Trinajstić information content (AvgIpc) is 2.66. The van der Waals surface area contributed by atoms with Gasteiger partial charge in [-0.3, -0.25) is 4.98 Å². The van der Waals surface area contributed by atoms with Crippen molar-refractivity contribution in [3.63, 3.8) is 0 Å². The SMILES string of the molecule is ClCCc1nc2cnccc2n1CCC1CCC1. The molecule has 0 atom stereocenters. The summed E-state index contributed by atoms with van der Waals surface area (Å²) in [5, 5.41) is 0. The summed E-state index contributed by atoms with van der Waals surface area (Å²) >= 11 is 5.87. The van der Waals surface area contributed by atoms with E-state index < -0.39 is 0 Å². The lowest BCUT2D eigenvalue weighted by Crippen LogP contribution is -2.15. The summed E-state index contributed by atoms with van der Waals surface area (Å²) in [5.41, 5.74) is 2.19. The summed E-state index contributed by atoms with van der Waals surface area (Å²) in [6.45, 7) is 1.07. The molecule has 1 saturated carbocycles. The molecule has 0 amide bonds. The molecule has 0 bridgehead atoms. The fourth-order valence-corrected chi connectivity index (χ4v) is 2.82. The molecule has 0 aromatic carbocycles. The van der Waals surface area contributed by atoms with Gasteiger partial charge in [-0.25, -0.2) is 4.98 Å². The number of fused-ring (bicyclic) bond motifs is 1. The maximum Gasteiger partial charge on any atom is 0.111 e. The first-order chi connectivity index (χ1) is 8.88. The first kappa shape index (κ1) is 12.0. The van der Waals surface area contributed by atoms with Gasteiger partial charge in [-0.05, 0) is 18.4 Å². The largest absolute Gasteiger partial charge is 0.328 e. The standard InChI is InChI=1S/C14H18ClN3/c15-7-4-14-17-12-10-16-8-5-13(12)18(14)9-6-11-2-1-3-11/h5,8,10-11H,1-4,6-7,9H2. The number of nitrogens with zero attached hydrogens (tertiary/aromatic N) is 3. The van der Waals surface area contributed by atoms with Crippen molar-refractivity contribution < 1.29 is 0 Å². The Hall–Kier alpha value is -1.09. The van der Waals surface area contributed by atoms with Crippen LogP contribution >= 0.6 is 11.6 Å². The summed E-state index contributed by atoms with van der Waals surface area (Å²) in [5.74, 6) is 2.65. The van der Waals surface area contributed by atoms with Crippen LogP contribution in [-0.4, -0.2) is 20.4 Å². The summed E-state index contributed by atoms with van der Waals surface area (Å²) in [6.07, 6.45) is 10.00. The van der Waals surface area contributed by atoms with Crippen LogP contribution in [0.2, 0.25) is 0 Å². The summed E-state index contributed by atoms with van der Waals surface area (Å²) < 4.78 is 2.33. The highest BCUT2D eigenvalue weighted by Crippen LogP contribution is 2.30. The van der Waals surface area contributed by atoms with E-state index in [0.29, 0.717) is 5.88 Å². The molecule has 0 spiro atoms. The van der Waals surface area contributed by atoms with Crippen molar-refractivity contribution in [3.8, 4) is 0 Å². The molecule has 3 rings (SSSR count). The van der Waals surface area contributed by atoms with Crippen LogP contribution in [0.3, 0.4) is 0 Å². The van der Waals surface area contributed by atoms with Gasteiger partial charge >= 0.3 is 0 Å². The lowest BCUT2D eigenvalue weighted by molar-refractivity contribution is 0.282. The topological polar surface area (TPSA) is 30.7 Å². The van der Waals surface area contributed by atoms with Gasteiger partial charge in [0, 0.05) is 25.0 Å². The zero-order chi connectivity index (χ0) is 12.4. The Balaban J connectivity index is 1.87. The Kier molecular flexibility index (Phi) is 3.50. The molecule has 3 nitrogen and oxygen atoms in total. The second-order valence-electron chi connectivity index (χ2n) is 5.07. The maximum absolute atomic E-state index is 5.87. The summed E-state index contributed by atoms with van der Waals surface area (Å²) in [6, 6.07) is 2.06. The Morgan fingerprint density at radius 1 is 1.39 bits per heavy atom. The summed E-state index contributed by atoms with van der Waals surface area (Å²) in [4.78, 5) is 8.78. The molecule has 18 heavy (non-hydrogen) atoms. The smallest absolute Gasteiger partial charge is 0.111 e. The lowest BCUT2D eigenvalue weighted by Gasteiger charge is -2.25. The van der Waals surface area contributed by atoms with E-state index in [2.05, 4.69) is 20.6 Å². The molecule has 1 fully saturated rings. The Labute approximate surface area is 112 Å². The van der Waals surface area contributed by atoms with Crippen molar-refractivity contribution in [2.45, 2.75) is 38.6 Å². The van der Waals surface area contributed by atoms with E-state index in [1.165, 1.54) is 31.2 Å². The molecule has 0 saturated heterocycles. The minimum atomic E-state index is 0.625. The molecule has 1 aliphatic rings. The van der Waals surface area contributed by atoms with Crippen LogP contribution in [0.15, 0.2) is 18.5 Å². The molecule has 2 heterocycles. The normalized spacial score (nSPS) is 16.1. The van der Waals surface area contributed by atoms with Crippen molar-refractivity contribution in [1.82, 2.24) is 14.5 Å². The van der Waals surface area contributed by atoms with Crippen LogP contribution in [0.1, 0.15) is 31.5 Å². The van der Waals surface area contributed by atoms with E-state index in [9.17, 15) is 0 Å². The van der Waals surface area contributed by atoms with Gasteiger partial charge in [0.1, 0.15) is 11.3 Å². The third-order valence-electron chi connectivity index (χ3n) is 3.93. The maximum atomic E-state index is 5.87. The van der Waals surface area contributed by atoms with Crippen LogP contribution in [0.5, 0.6) is 0 Å². The van der Waals surface area contributed by atoms with E-state index in [1.807, 2.05) is 12.4 Å². The van der Waals surface area contributed by atoms with Gasteiger partial charge in [-0.15, -0.1) is 11.6 Å². The molecule has 2 aromatic heterocycles. The number of imidazole rings is 1. The van der Waals surface area contributed by atoms with Crippen LogP contribution in [0.25, 0.3) is 11.0 Å². The quantitative estimate of drug-likeness (QED) is 0.774. The molecule has 0 N–H and O–H groups in total. The van der Waals surface area contributed by atoms with Crippen molar-refractivity contribution in [2.75, 3.05) is 5.88 Å². The minimum Gasteiger partial charge on any atom is -0.328 e. The molecule has 1 aliphatic carbocycles. The number of alkyl halides is 1. The van der Waals surface area contributed by atoms with Gasteiger partial charge in [0.25, 0.3) is 0 Å². The van der Waals surface area contributed by atoms with Gasteiger partial charge < -0.3 is 4.57 Å². The van der Waals surface area contributed by atoms with Gasteiger partial charge in [0.05, 0.1) is 11.7 Å². The predicted octanol–water partition coefficient (Wildman–Crippen LogP) is 3.40. The molecular formula is C14H18ClN3. The Morgan fingerprint density at radius 3 is 3.00 bits per heavy atom. The molecule has 4 heteroatoms. The van der Waals surface area contributed by atoms with E-state index in [1.54, 1.807) is 0 Å². The van der Waals surface area contributed by atoms with Crippen molar-refractivity contribution in [2.24, 2.45) is 5.92 Å². The molecule has 0 radical (unpaired) electrons. The van der Waals surface area contributed by atoms with Crippen LogP contribution in [-0.2, 0) is 13.0 Å². The summed E-state index contributed by atoms with van der Waals surface area (Å²) in [7, 11) is 0. The number of hydrogen-bond acceptors (Lipinski definition) is 2. The fourth-order valence-electron chi connectivity index (χ4n) is 2.65. The van der Waals surface area contributed by atoms with Crippen LogP contribution in [0, 0.1) is 5.92 Å². The number of halogens is 1. The van der Waals surface area contributed by atoms with Gasteiger partial charge in [-0.1, -0.05) is 19.3 Å². The van der Waals surface area contributed by atoms with E-state index in [0.717, 1.165) is 30.2 Å². The highest BCUT2D eigenvalue weighted by Gasteiger charge is 2.18. The zero-order valence-corrected chi connectivity index (χ0v) is 11.2. The second kappa shape index (κ2) is 5.27. The lowest BCUT2D eigenvalue weighted by atomic mass is 9.83. The van der Waals surface area contributed by atoms with Gasteiger partial charge in [-0.2, -0.15) is 0 Å². The highest BCUT2D eigenvalue weighted by atomic mass is 35.5. The minimum absolute atomic E-state index is 0.625. The van der Waals surface area contributed by atoms with Gasteiger partial charge in [0.15, 0.2) is 0 Å². The van der Waals surface area contributed by atoms with Gasteiger partial charge in [0.2, 0.25) is 0 Å². The van der Waals surface area contributed by atoms with Crippen LogP contribution in [0.4, 0.5) is 0 Å². The molecule has 96 valence electrons. The van der Waals surface area contributed by atoms with Crippen LogP contribution < -0.4 is 0 Å². The number of rotatable bonds is 5. The van der Waals surface area contributed by atoms with E-state index >= 15 is 0 Å². The van der Waals surface area contributed by atoms with Crippen molar-refractivity contribution in [1.29, 1.82) is 0 Å². The zero-order valence-electron chi connectivity index (χ0n) is 10.5. The van der Waals surface area contributed by atoms with Crippen molar-refractivity contribution >= 4 is 22.6 Å².